The van der Waals surface area contributed by atoms with Crippen LogP contribution in [0.25, 0.3) is 44.5 Å². The average molecular weight is 780 g/mol. The Morgan fingerprint density at radius 3 is 2.36 bits per heavy atom. The molecule has 6 rings (SSSR count). The van der Waals surface area contributed by atoms with E-state index in [0.29, 0.717) is 22.8 Å². The topological polar surface area (TPSA) is 38.9 Å². The SMILES string of the molecule is CC(C)Cc1cc(-c2[c-]cccc2)ncc1[Si](C)(C)C.[2H]C(C)(C)c1ccnc(-c2[c-]ccc3c2oc2cc(F)ccc23)c1.[Ir]. The Labute approximate surface area is 276 Å². The number of benzene rings is 3. The average Bonchev–Trinajstić information content (AvgIpc) is 3.34. The second-order valence-electron chi connectivity index (χ2n) is 12.6. The Balaban J connectivity index is 0.000000204. The summed E-state index contributed by atoms with van der Waals surface area (Å²) in [5.74, 6) is -0.383. The molecule has 1 radical (unpaired) electrons. The van der Waals surface area contributed by atoms with E-state index in [0.717, 1.165) is 39.6 Å². The summed E-state index contributed by atoms with van der Waals surface area (Å²) in [4.78, 5) is 9.10. The van der Waals surface area contributed by atoms with Crippen LogP contribution in [0.1, 0.15) is 46.1 Å². The minimum atomic E-state index is -1.34. The van der Waals surface area contributed by atoms with Gasteiger partial charge in [0.15, 0.2) is 0 Å². The van der Waals surface area contributed by atoms with E-state index in [-0.39, 0.29) is 25.9 Å². The first-order chi connectivity index (χ1) is 20.8. The zero-order valence-corrected chi connectivity index (χ0v) is 29.8. The third kappa shape index (κ3) is 7.61. The Morgan fingerprint density at radius 2 is 1.68 bits per heavy atom. The van der Waals surface area contributed by atoms with Crippen molar-refractivity contribution >= 4 is 35.2 Å². The zero-order chi connectivity index (χ0) is 31.6. The second-order valence-corrected chi connectivity index (χ2v) is 17.7. The van der Waals surface area contributed by atoms with E-state index in [1.165, 1.54) is 22.9 Å². The largest absolute Gasteiger partial charge is 0.500 e. The van der Waals surface area contributed by atoms with Crippen LogP contribution in [0.4, 0.5) is 4.39 Å². The Hall–Kier alpha value is -3.44. The fourth-order valence-corrected chi connectivity index (χ4v) is 6.85. The molecular weight excluding hydrogens is 740 g/mol. The fraction of sp³-hybridized carbons (Fsp3) is 0.263. The van der Waals surface area contributed by atoms with E-state index in [9.17, 15) is 4.39 Å². The number of fused-ring (bicyclic) bond motifs is 3. The second kappa shape index (κ2) is 14.1. The normalized spacial score (nSPS) is 12.1. The van der Waals surface area contributed by atoms with E-state index in [1.807, 2.05) is 56.3 Å². The summed E-state index contributed by atoms with van der Waals surface area (Å²) in [7, 11) is -1.34. The van der Waals surface area contributed by atoms with Crippen LogP contribution in [0.5, 0.6) is 0 Å². The smallest absolute Gasteiger partial charge is 0.126 e. The van der Waals surface area contributed by atoms with Gasteiger partial charge in [-0.15, -0.1) is 54.1 Å². The molecule has 0 N–H and O–H groups in total. The van der Waals surface area contributed by atoms with Crippen molar-refractivity contribution in [2.45, 2.75) is 59.7 Å². The van der Waals surface area contributed by atoms with Crippen molar-refractivity contribution in [3.8, 4) is 22.5 Å². The predicted octanol–water partition coefficient (Wildman–Crippen LogP) is 10.0. The molecule has 0 aliphatic carbocycles. The molecule has 229 valence electrons. The maximum absolute atomic E-state index is 13.5. The Morgan fingerprint density at radius 1 is 0.886 bits per heavy atom. The summed E-state index contributed by atoms with van der Waals surface area (Å²) < 4.78 is 27.6. The maximum Gasteiger partial charge on any atom is 0.126 e. The van der Waals surface area contributed by atoms with E-state index in [4.69, 9.17) is 5.79 Å². The van der Waals surface area contributed by atoms with Gasteiger partial charge >= 0.3 is 0 Å². The molecule has 0 saturated heterocycles. The van der Waals surface area contributed by atoms with Crippen LogP contribution < -0.4 is 5.19 Å². The molecular formula is C38H39FIrN2OSi-2. The number of furan rings is 1. The van der Waals surface area contributed by atoms with Gasteiger partial charge in [-0.3, -0.25) is 0 Å². The molecule has 0 spiro atoms. The molecule has 0 fully saturated rings. The molecule has 6 heteroatoms. The number of hydrogen-bond donors (Lipinski definition) is 0. The predicted molar refractivity (Wildman–Crippen MR) is 180 cm³/mol. The molecule has 44 heavy (non-hydrogen) atoms. The van der Waals surface area contributed by atoms with Crippen LogP contribution in [-0.2, 0) is 26.5 Å². The van der Waals surface area contributed by atoms with Crippen molar-refractivity contribution < 1.29 is 30.3 Å². The summed E-state index contributed by atoms with van der Waals surface area (Å²) >= 11 is 0. The van der Waals surface area contributed by atoms with E-state index in [1.54, 1.807) is 12.3 Å². The molecule has 0 aliphatic rings. The maximum atomic E-state index is 13.5. The van der Waals surface area contributed by atoms with Crippen molar-refractivity contribution in [1.82, 2.24) is 9.97 Å². The van der Waals surface area contributed by atoms with Gasteiger partial charge in [0.2, 0.25) is 0 Å². The molecule has 0 amide bonds. The standard InChI is InChI=1S/C20H15FNO.C18H24NSi.Ir/c1-12(2)13-8-9-22-18(10-13)17-5-3-4-16-15-7-6-14(21)11-19(15)23-20(16)17;1-14(2)11-16-12-17(15-9-7-6-8-10-15)19-13-18(16)20(3,4)5;/h3-4,6-12H,1-2H3;6-9,12-14H,11H2,1-5H3;/q2*-1;/i12D;;. The summed E-state index contributed by atoms with van der Waals surface area (Å²) in [5.41, 5.74) is 7.01. The third-order valence-electron chi connectivity index (χ3n) is 7.40. The van der Waals surface area contributed by atoms with Crippen LogP contribution in [0, 0.1) is 23.9 Å². The number of pyridine rings is 2. The van der Waals surface area contributed by atoms with Crippen LogP contribution in [0.2, 0.25) is 19.6 Å². The molecule has 3 heterocycles. The molecule has 3 aromatic heterocycles. The molecule has 0 bridgehead atoms. The molecule has 0 unspecified atom stereocenters. The van der Waals surface area contributed by atoms with Gasteiger partial charge in [-0.05, 0) is 53.0 Å². The van der Waals surface area contributed by atoms with Gasteiger partial charge in [-0.2, -0.15) is 0 Å². The summed E-state index contributed by atoms with van der Waals surface area (Å²) in [6.45, 7) is 15.4. The summed E-state index contributed by atoms with van der Waals surface area (Å²) in [5, 5.41) is 3.25. The molecule has 0 saturated carbocycles. The van der Waals surface area contributed by atoms with Crippen molar-refractivity contribution in [3.63, 3.8) is 0 Å². The molecule has 3 aromatic carbocycles. The first kappa shape index (κ1) is 32.0. The van der Waals surface area contributed by atoms with E-state index < -0.39 is 14.0 Å². The summed E-state index contributed by atoms with van der Waals surface area (Å²) in [6.07, 6.45) is 4.93. The molecule has 6 aromatic rings. The van der Waals surface area contributed by atoms with Gasteiger partial charge < -0.3 is 14.4 Å². The third-order valence-corrected chi connectivity index (χ3v) is 9.47. The minimum absolute atomic E-state index is 0. The monoisotopic (exact) mass is 780 g/mol. The fourth-order valence-electron chi connectivity index (χ4n) is 5.26. The summed E-state index contributed by atoms with van der Waals surface area (Å²) in [6, 6.07) is 28.8. The Kier molecular flexibility index (Phi) is 10.3. The van der Waals surface area contributed by atoms with Gasteiger partial charge in [0.1, 0.15) is 11.4 Å². The van der Waals surface area contributed by atoms with Crippen LogP contribution >= 0.6 is 0 Å². The minimum Gasteiger partial charge on any atom is -0.500 e. The van der Waals surface area contributed by atoms with E-state index in [2.05, 4.69) is 73.9 Å². The quantitative estimate of drug-likeness (QED) is 0.125. The molecule has 0 atom stereocenters. The first-order valence-corrected chi connectivity index (χ1v) is 18.3. The number of aromatic nitrogens is 2. The number of halogens is 1. The van der Waals surface area contributed by atoms with Gasteiger partial charge in [-0.25, -0.2) is 4.39 Å². The van der Waals surface area contributed by atoms with Crippen LogP contribution in [-0.4, -0.2) is 18.0 Å². The van der Waals surface area contributed by atoms with Crippen molar-refractivity contribution in [2.75, 3.05) is 0 Å². The van der Waals surface area contributed by atoms with Crippen molar-refractivity contribution in [3.05, 3.63) is 114 Å². The zero-order valence-electron chi connectivity index (χ0n) is 27.4. The molecule has 0 aliphatic heterocycles. The van der Waals surface area contributed by atoms with Gasteiger partial charge in [-0.1, -0.05) is 81.5 Å². The van der Waals surface area contributed by atoms with Crippen molar-refractivity contribution in [1.29, 1.82) is 0 Å². The van der Waals surface area contributed by atoms with E-state index >= 15 is 0 Å². The number of hydrogen-bond acceptors (Lipinski definition) is 3. The number of nitrogens with zero attached hydrogens (tertiary/aromatic N) is 2. The van der Waals surface area contributed by atoms with Crippen molar-refractivity contribution in [2.24, 2.45) is 5.92 Å². The Bertz CT molecular complexity index is 1910. The van der Waals surface area contributed by atoms with Crippen LogP contribution in [0.15, 0.2) is 89.6 Å². The van der Waals surface area contributed by atoms with Gasteiger partial charge in [0.25, 0.3) is 0 Å². The molecule has 3 nitrogen and oxygen atoms in total. The van der Waals surface area contributed by atoms with Gasteiger partial charge in [0.05, 0.1) is 13.7 Å². The first-order valence-electron chi connectivity index (χ1n) is 15.3. The van der Waals surface area contributed by atoms with Crippen LogP contribution in [0.3, 0.4) is 0 Å². The number of rotatable bonds is 6. The van der Waals surface area contributed by atoms with Gasteiger partial charge in [0, 0.05) is 45.3 Å².